The van der Waals surface area contributed by atoms with Crippen molar-refractivity contribution in [3.05, 3.63) is 59.7 Å². The second kappa shape index (κ2) is 10.4. The van der Waals surface area contributed by atoms with E-state index in [0.29, 0.717) is 24.5 Å². The quantitative estimate of drug-likeness (QED) is 0.547. The van der Waals surface area contributed by atoms with E-state index >= 15 is 0 Å². The minimum Gasteiger partial charge on any atom is -0.497 e. The summed E-state index contributed by atoms with van der Waals surface area (Å²) in [6.07, 6.45) is 2.05. The lowest BCUT2D eigenvalue weighted by Crippen LogP contribution is -2.38. The second-order valence-electron chi connectivity index (χ2n) is 5.71. The molecule has 0 aliphatic heterocycles. The summed E-state index contributed by atoms with van der Waals surface area (Å²) in [5.74, 6) is 1.21. The number of amides is 1. The Bertz CT molecular complexity index is 732. The Morgan fingerprint density at radius 2 is 1.88 bits per heavy atom. The van der Waals surface area contributed by atoms with Gasteiger partial charge in [0.25, 0.3) is 5.91 Å². The number of hydrogen-bond donors (Lipinski definition) is 2. The van der Waals surface area contributed by atoms with Crippen molar-refractivity contribution in [3.8, 4) is 11.5 Å². The molecule has 6 heteroatoms. The van der Waals surface area contributed by atoms with Crippen molar-refractivity contribution < 1.29 is 14.3 Å². The molecule has 0 saturated heterocycles. The monoisotopic (exact) mass is 372 g/mol. The zero-order valence-corrected chi connectivity index (χ0v) is 15.9. The minimum atomic E-state index is -0.266. The fraction of sp³-hybridized carbons (Fsp3) is 0.300. The number of benzene rings is 2. The van der Waals surface area contributed by atoms with Gasteiger partial charge in [-0.25, -0.2) is 0 Å². The molecule has 0 aliphatic carbocycles. The Balaban J connectivity index is 1.84. The summed E-state index contributed by atoms with van der Waals surface area (Å²) in [4.78, 5) is 12.3. The molecule has 0 atom stereocenters. The number of methoxy groups -OCH3 is 1. The van der Waals surface area contributed by atoms with Crippen molar-refractivity contribution in [1.82, 2.24) is 10.6 Å². The lowest BCUT2D eigenvalue weighted by molar-refractivity contribution is 0.0976. The molecule has 2 aromatic rings. The van der Waals surface area contributed by atoms with Gasteiger partial charge in [-0.05, 0) is 54.5 Å². The van der Waals surface area contributed by atoms with E-state index < -0.39 is 0 Å². The Labute approximate surface area is 159 Å². The fourth-order valence-corrected chi connectivity index (χ4v) is 2.37. The van der Waals surface area contributed by atoms with E-state index in [0.717, 1.165) is 24.2 Å². The molecule has 26 heavy (non-hydrogen) atoms. The highest BCUT2D eigenvalue weighted by atomic mass is 32.1. The third-order valence-electron chi connectivity index (χ3n) is 3.70. The van der Waals surface area contributed by atoms with Crippen LogP contribution in [0, 0.1) is 0 Å². The number of unbranched alkanes of at least 4 members (excludes halogenated alkanes) is 1. The maximum atomic E-state index is 12.3. The first-order valence-electron chi connectivity index (χ1n) is 8.57. The zero-order valence-electron chi connectivity index (χ0n) is 15.1. The van der Waals surface area contributed by atoms with Gasteiger partial charge < -0.3 is 14.8 Å². The smallest absolute Gasteiger partial charge is 0.257 e. The van der Waals surface area contributed by atoms with Gasteiger partial charge >= 0.3 is 0 Å². The topological polar surface area (TPSA) is 59.6 Å². The van der Waals surface area contributed by atoms with Gasteiger partial charge in [-0.3, -0.25) is 10.1 Å². The summed E-state index contributed by atoms with van der Waals surface area (Å²) in [5.41, 5.74) is 1.54. The predicted molar refractivity (Wildman–Crippen MR) is 107 cm³/mol. The third-order valence-corrected chi connectivity index (χ3v) is 3.95. The average molecular weight is 372 g/mol. The van der Waals surface area contributed by atoms with Crippen molar-refractivity contribution in [2.45, 2.75) is 26.3 Å². The molecule has 0 aromatic heterocycles. The summed E-state index contributed by atoms with van der Waals surface area (Å²) in [5, 5.41) is 5.99. The summed E-state index contributed by atoms with van der Waals surface area (Å²) in [6, 6.07) is 14.7. The molecule has 0 fully saturated rings. The van der Waals surface area contributed by atoms with Gasteiger partial charge in [0.15, 0.2) is 5.11 Å². The van der Waals surface area contributed by atoms with Gasteiger partial charge in [-0.1, -0.05) is 31.5 Å². The van der Waals surface area contributed by atoms with Gasteiger partial charge in [0, 0.05) is 12.1 Å². The highest BCUT2D eigenvalue weighted by Crippen LogP contribution is 2.14. The molecule has 0 radical (unpaired) electrons. The zero-order chi connectivity index (χ0) is 18.8. The summed E-state index contributed by atoms with van der Waals surface area (Å²) in [6.45, 7) is 3.26. The molecule has 2 rings (SSSR count). The number of carbonyl (C=O) groups excluding carboxylic acids is 1. The fourth-order valence-electron chi connectivity index (χ4n) is 2.21. The predicted octanol–water partition coefficient (Wildman–Crippen LogP) is 3.68. The molecule has 0 saturated carbocycles. The lowest BCUT2D eigenvalue weighted by atomic mass is 10.2. The van der Waals surface area contributed by atoms with E-state index in [1.807, 2.05) is 30.3 Å². The lowest BCUT2D eigenvalue weighted by Gasteiger charge is -2.11. The Kier molecular flexibility index (Phi) is 7.89. The second-order valence-corrected chi connectivity index (χ2v) is 6.12. The van der Waals surface area contributed by atoms with E-state index in [-0.39, 0.29) is 11.0 Å². The largest absolute Gasteiger partial charge is 0.497 e. The van der Waals surface area contributed by atoms with Crippen LogP contribution >= 0.6 is 12.2 Å². The van der Waals surface area contributed by atoms with Crippen LogP contribution in [0.4, 0.5) is 0 Å². The molecule has 0 aliphatic rings. The minimum absolute atomic E-state index is 0.266. The van der Waals surface area contributed by atoms with Crippen molar-refractivity contribution in [2.24, 2.45) is 0 Å². The standard InChI is InChI=1S/C20H24N2O3S/c1-3-4-12-25-18-7-5-6-16(13-18)19(23)22-20(26)21-14-15-8-10-17(24-2)11-9-15/h5-11,13H,3-4,12,14H2,1-2H3,(H2,21,22,23,26). The van der Waals surface area contributed by atoms with E-state index in [4.69, 9.17) is 21.7 Å². The van der Waals surface area contributed by atoms with Crippen LogP contribution in [0.15, 0.2) is 48.5 Å². The molecule has 5 nitrogen and oxygen atoms in total. The Hall–Kier alpha value is -2.60. The number of carbonyl (C=O) groups is 1. The first-order chi connectivity index (χ1) is 12.6. The van der Waals surface area contributed by atoms with Crippen molar-refractivity contribution >= 4 is 23.2 Å². The van der Waals surface area contributed by atoms with Gasteiger partial charge in [-0.2, -0.15) is 0 Å². The average Bonchev–Trinajstić information content (AvgIpc) is 2.67. The van der Waals surface area contributed by atoms with Crippen LogP contribution < -0.4 is 20.1 Å². The van der Waals surface area contributed by atoms with Crippen LogP contribution in [-0.4, -0.2) is 24.7 Å². The molecule has 0 bridgehead atoms. The molecule has 1 amide bonds. The van der Waals surface area contributed by atoms with Gasteiger partial charge in [0.2, 0.25) is 0 Å². The highest BCUT2D eigenvalue weighted by Gasteiger charge is 2.09. The van der Waals surface area contributed by atoms with Crippen LogP contribution in [0.3, 0.4) is 0 Å². The van der Waals surface area contributed by atoms with E-state index in [9.17, 15) is 4.79 Å². The maximum absolute atomic E-state index is 12.3. The molecular weight excluding hydrogens is 348 g/mol. The highest BCUT2D eigenvalue weighted by molar-refractivity contribution is 7.80. The Morgan fingerprint density at radius 1 is 1.12 bits per heavy atom. The number of thiocarbonyl (C=S) groups is 1. The van der Waals surface area contributed by atoms with E-state index in [1.54, 1.807) is 25.3 Å². The Morgan fingerprint density at radius 3 is 2.58 bits per heavy atom. The molecule has 0 spiro atoms. The first-order valence-corrected chi connectivity index (χ1v) is 8.98. The van der Waals surface area contributed by atoms with Crippen LogP contribution in [-0.2, 0) is 6.54 Å². The number of nitrogens with one attached hydrogen (secondary N) is 2. The van der Waals surface area contributed by atoms with Gasteiger partial charge in [0.1, 0.15) is 11.5 Å². The summed E-state index contributed by atoms with van der Waals surface area (Å²) >= 11 is 5.20. The van der Waals surface area contributed by atoms with Crippen molar-refractivity contribution in [2.75, 3.05) is 13.7 Å². The molecule has 0 heterocycles. The third kappa shape index (κ3) is 6.37. The first kappa shape index (κ1) is 19.7. The number of ether oxygens (including phenoxy) is 2. The van der Waals surface area contributed by atoms with Crippen molar-refractivity contribution in [3.63, 3.8) is 0 Å². The summed E-state index contributed by atoms with van der Waals surface area (Å²) in [7, 11) is 1.63. The molecule has 2 aromatic carbocycles. The molecular formula is C20H24N2O3S. The van der Waals surface area contributed by atoms with Gasteiger partial charge in [-0.15, -0.1) is 0 Å². The van der Waals surface area contributed by atoms with Crippen LogP contribution in [0.2, 0.25) is 0 Å². The van der Waals surface area contributed by atoms with Crippen molar-refractivity contribution in [1.29, 1.82) is 0 Å². The van der Waals surface area contributed by atoms with Gasteiger partial charge in [0.05, 0.1) is 13.7 Å². The van der Waals surface area contributed by atoms with Crippen LogP contribution in [0.25, 0.3) is 0 Å². The molecule has 2 N–H and O–H groups in total. The van der Waals surface area contributed by atoms with Crippen LogP contribution in [0.5, 0.6) is 11.5 Å². The maximum Gasteiger partial charge on any atom is 0.257 e. The number of rotatable bonds is 8. The summed E-state index contributed by atoms with van der Waals surface area (Å²) < 4.78 is 10.8. The molecule has 0 unspecified atom stereocenters. The normalized spacial score (nSPS) is 10.1. The SMILES string of the molecule is CCCCOc1cccc(C(=O)NC(=S)NCc2ccc(OC)cc2)c1. The molecule has 138 valence electrons. The van der Waals surface area contributed by atoms with E-state index in [1.165, 1.54) is 0 Å². The number of hydrogen-bond acceptors (Lipinski definition) is 4. The van der Waals surface area contributed by atoms with Crippen LogP contribution in [0.1, 0.15) is 35.7 Å². The van der Waals surface area contributed by atoms with E-state index in [2.05, 4.69) is 17.6 Å².